The molecule has 0 aromatic carbocycles. The van der Waals surface area contributed by atoms with E-state index in [-0.39, 0.29) is 6.04 Å². The molecule has 1 saturated heterocycles. The number of piperidine rings is 1. The van der Waals surface area contributed by atoms with Crippen molar-refractivity contribution in [3.63, 3.8) is 0 Å². The topological polar surface area (TPSA) is 61.9 Å². The van der Waals surface area contributed by atoms with Gasteiger partial charge in [-0.05, 0) is 46.8 Å². The molecule has 17 heavy (non-hydrogen) atoms. The molecule has 1 unspecified atom stereocenters. The summed E-state index contributed by atoms with van der Waals surface area (Å²) in [4.78, 5) is 3.58. The molecule has 0 aliphatic carbocycles. The lowest BCUT2D eigenvalue weighted by Crippen LogP contribution is -2.47. The van der Waals surface area contributed by atoms with Crippen molar-refractivity contribution in [3.8, 4) is 0 Å². The highest BCUT2D eigenvalue weighted by Gasteiger charge is 2.26. The van der Waals surface area contributed by atoms with Crippen LogP contribution in [0.25, 0.3) is 0 Å². The summed E-state index contributed by atoms with van der Waals surface area (Å²) in [7, 11) is 0. The van der Waals surface area contributed by atoms with Crippen molar-refractivity contribution >= 4 is 33.1 Å². The zero-order valence-corrected chi connectivity index (χ0v) is 11.9. The van der Waals surface area contributed by atoms with Crippen LogP contribution in [0.5, 0.6) is 0 Å². The van der Waals surface area contributed by atoms with Gasteiger partial charge in [-0.3, -0.25) is 4.90 Å². The normalized spacial score (nSPS) is 22.9. The Morgan fingerprint density at radius 3 is 3.12 bits per heavy atom. The highest BCUT2D eigenvalue weighted by atomic mass is 79.9. The summed E-state index contributed by atoms with van der Waals surface area (Å²) in [6, 6.07) is 2.13. The van der Waals surface area contributed by atoms with Crippen LogP contribution in [0.2, 0.25) is 0 Å². The number of likely N-dealkylation sites (tertiary alicyclic amines) is 1. The number of thiophene rings is 1. The maximum atomic E-state index is 8.82. The molecular formula is C11H16BrN3OS. The van der Waals surface area contributed by atoms with Gasteiger partial charge in [0.1, 0.15) is 0 Å². The van der Waals surface area contributed by atoms with Crippen LogP contribution in [0.3, 0.4) is 0 Å². The zero-order chi connectivity index (χ0) is 12.3. The fraction of sp³-hybridized carbons (Fsp3) is 0.545. The maximum Gasteiger partial charge on any atom is 0.156 e. The highest BCUT2D eigenvalue weighted by Crippen LogP contribution is 2.27. The van der Waals surface area contributed by atoms with E-state index in [0.29, 0.717) is 5.84 Å². The van der Waals surface area contributed by atoms with Crippen molar-refractivity contribution in [3.05, 3.63) is 20.8 Å². The van der Waals surface area contributed by atoms with E-state index in [0.717, 1.165) is 30.4 Å². The third kappa shape index (κ3) is 3.00. The van der Waals surface area contributed by atoms with Gasteiger partial charge >= 0.3 is 0 Å². The average Bonchev–Trinajstić information content (AvgIpc) is 2.75. The van der Waals surface area contributed by atoms with Gasteiger partial charge in [-0.15, -0.1) is 11.3 Å². The van der Waals surface area contributed by atoms with Crippen LogP contribution in [-0.2, 0) is 6.54 Å². The highest BCUT2D eigenvalue weighted by molar-refractivity contribution is 9.10. The molecule has 1 aromatic heterocycles. The number of rotatable bonds is 3. The molecule has 1 aliphatic rings. The molecule has 0 radical (unpaired) electrons. The lowest BCUT2D eigenvalue weighted by Gasteiger charge is -2.34. The molecule has 6 heteroatoms. The van der Waals surface area contributed by atoms with Crippen molar-refractivity contribution in [2.75, 3.05) is 6.54 Å². The maximum absolute atomic E-state index is 8.82. The van der Waals surface area contributed by atoms with Crippen LogP contribution in [0.1, 0.15) is 24.1 Å². The molecule has 4 nitrogen and oxygen atoms in total. The molecule has 1 fully saturated rings. The zero-order valence-electron chi connectivity index (χ0n) is 9.47. The second kappa shape index (κ2) is 5.84. The van der Waals surface area contributed by atoms with E-state index in [1.165, 1.54) is 11.3 Å². The lowest BCUT2D eigenvalue weighted by molar-refractivity contribution is 0.179. The standard InChI is InChI=1S/C11H16BrN3OS/c12-8-4-6-17-10(8)7-15-5-2-1-3-9(15)11(13)14-16/h4,6,9,16H,1-3,5,7H2,(H2,13,14). The number of oxime groups is 1. The second-order valence-electron chi connectivity index (χ2n) is 4.20. The third-order valence-corrected chi connectivity index (χ3v) is 5.02. The first-order valence-corrected chi connectivity index (χ1v) is 7.33. The first-order valence-electron chi connectivity index (χ1n) is 5.65. The SMILES string of the molecule is NC(=NO)C1CCCCN1Cc1sccc1Br. The number of amidine groups is 1. The Kier molecular flexibility index (Phi) is 4.42. The van der Waals surface area contributed by atoms with E-state index in [2.05, 4.69) is 37.4 Å². The summed E-state index contributed by atoms with van der Waals surface area (Å²) in [5.74, 6) is 0.331. The van der Waals surface area contributed by atoms with Crippen molar-refractivity contribution in [2.24, 2.45) is 10.9 Å². The van der Waals surface area contributed by atoms with Gasteiger partial charge in [0.05, 0.1) is 6.04 Å². The predicted octanol–water partition coefficient (Wildman–Crippen LogP) is 2.61. The quantitative estimate of drug-likeness (QED) is 0.390. The van der Waals surface area contributed by atoms with Gasteiger partial charge in [0, 0.05) is 15.9 Å². The average molecular weight is 318 g/mol. The lowest BCUT2D eigenvalue weighted by atomic mass is 10.0. The Morgan fingerprint density at radius 2 is 2.47 bits per heavy atom. The minimum Gasteiger partial charge on any atom is -0.409 e. The Bertz CT molecular complexity index is 407. The molecule has 94 valence electrons. The third-order valence-electron chi connectivity index (χ3n) is 3.11. The van der Waals surface area contributed by atoms with Gasteiger partial charge in [0.15, 0.2) is 5.84 Å². The first kappa shape index (κ1) is 12.9. The second-order valence-corrected chi connectivity index (χ2v) is 6.05. The van der Waals surface area contributed by atoms with E-state index < -0.39 is 0 Å². The predicted molar refractivity (Wildman–Crippen MR) is 73.5 cm³/mol. The minimum atomic E-state index is 0.0720. The minimum absolute atomic E-state index is 0.0720. The Balaban J connectivity index is 2.09. The molecule has 1 aromatic rings. The van der Waals surface area contributed by atoms with Gasteiger partial charge in [-0.25, -0.2) is 0 Å². The molecular weight excluding hydrogens is 302 g/mol. The van der Waals surface area contributed by atoms with E-state index >= 15 is 0 Å². The summed E-state index contributed by atoms with van der Waals surface area (Å²) in [5, 5.41) is 14.0. The smallest absolute Gasteiger partial charge is 0.156 e. The molecule has 0 spiro atoms. The van der Waals surface area contributed by atoms with Crippen LogP contribution in [0, 0.1) is 0 Å². The fourth-order valence-corrected chi connectivity index (χ4v) is 3.71. The van der Waals surface area contributed by atoms with Gasteiger partial charge in [-0.1, -0.05) is 11.6 Å². The van der Waals surface area contributed by atoms with Crippen LogP contribution in [0.4, 0.5) is 0 Å². The number of hydrogen-bond donors (Lipinski definition) is 2. The largest absolute Gasteiger partial charge is 0.409 e. The number of hydrogen-bond acceptors (Lipinski definition) is 4. The molecule has 0 bridgehead atoms. The van der Waals surface area contributed by atoms with Crippen molar-refractivity contribution < 1.29 is 5.21 Å². The summed E-state index contributed by atoms with van der Waals surface area (Å²) in [6.45, 7) is 1.87. The number of nitrogens with zero attached hydrogens (tertiary/aromatic N) is 2. The molecule has 0 saturated carbocycles. The monoisotopic (exact) mass is 317 g/mol. The molecule has 1 atom stereocenters. The summed E-state index contributed by atoms with van der Waals surface area (Å²) in [6.07, 6.45) is 3.29. The van der Waals surface area contributed by atoms with Gasteiger partial charge in [0.2, 0.25) is 0 Å². The number of halogens is 1. The van der Waals surface area contributed by atoms with E-state index in [1.54, 1.807) is 11.3 Å². The van der Waals surface area contributed by atoms with Crippen LogP contribution in [-0.4, -0.2) is 28.5 Å². The van der Waals surface area contributed by atoms with Gasteiger partial charge in [0.25, 0.3) is 0 Å². The first-order chi connectivity index (χ1) is 8.22. The number of nitrogens with two attached hydrogens (primary N) is 1. The van der Waals surface area contributed by atoms with Crippen molar-refractivity contribution in [1.29, 1.82) is 0 Å². The van der Waals surface area contributed by atoms with Gasteiger partial charge in [-0.2, -0.15) is 0 Å². The van der Waals surface area contributed by atoms with Crippen molar-refractivity contribution in [1.82, 2.24) is 4.90 Å². The Hall–Kier alpha value is -0.590. The fourth-order valence-electron chi connectivity index (χ4n) is 2.20. The molecule has 3 N–H and O–H groups in total. The van der Waals surface area contributed by atoms with Crippen LogP contribution < -0.4 is 5.73 Å². The summed E-state index contributed by atoms with van der Waals surface area (Å²) in [5.41, 5.74) is 5.76. The molecule has 2 heterocycles. The van der Waals surface area contributed by atoms with E-state index in [9.17, 15) is 0 Å². The molecule has 2 rings (SSSR count). The van der Waals surface area contributed by atoms with Gasteiger partial charge < -0.3 is 10.9 Å². The van der Waals surface area contributed by atoms with Crippen molar-refractivity contribution in [2.45, 2.75) is 31.8 Å². The Morgan fingerprint density at radius 1 is 1.65 bits per heavy atom. The van der Waals surface area contributed by atoms with Crippen LogP contribution >= 0.6 is 27.3 Å². The van der Waals surface area contributed by atoms with Crippen LogP contribution in [0.15, 0.2) is 21.1 Å². The summed E-state index contributed by atoms with van der Waals surface area (Å²) < 4.78 is 1.14. The van der Waals surface area contributed by atoms with E-state index in [4.69, 9.17) is 10.9 Å². The Labute approximate surface area is 113 Å². The molecule has 1 aliphatic heterocycles. The molecule has 0 amide bonds. The van der Waals surface area contributed by atoms with E-state index in [1.807, 2.05) is 0 Å². The summed E-state index contributed by atoms with van der Waals surface area (Å²) >= 11 is 5.27.